The molecule has 2 aliphatic rings. The van der Waals surface area contributed by atoms with Crippen molar-refractivity contribution >= 4 is 70.9 Å². The Labute approximate surface area is 218 Å². The molecule has 7 heterocycles. The van der Waals surface area contributed by atoms with Gasteiger partial charge in [0.2, 0.25) is 5.91 Å². The van der Waals surface area contributed by atoms with Gasteiger partial charge >= 0.3 is 0 Å². The summed E-state index contributed by atoms with van der Waals surface area (Å²) in [7, 11) is 0. The fraction of sp³-hybridized carbons (Fsp3) is 0.185. The van der Waals surface area contributed by atoms with E-state index in [1.165, 1.54) is 17.5 Å². The maximum absolute atomic E-state index is 16.1. The number of fused-ring (bicyclic) bond motifs is 9. The molecule has 7 rings (SSSR count). The van der Waals surface area contributed by atoms with Crippen molar-refractivity contribution in [3.63, 3.8) is 0 Å². The second-order valence-electron chi connectivity index (χ2n) is 10.4. The van der Waals surface area contributed by atoms with Gasteiger partial charge in [0.15, 0.2) is 11.3 Å². The Balaban J connectivity index is 1.71. The van der Waals surface area contributed by atoms with Crippen LogP contribution in [0.3, 0.4) is 0 Å². The topological polar surface area (TPSA) is 118 Å². The Morgan fingerprint density at radius 3 is 2.76 bits per heavy atom. The molecule has 5 aromatic rings. The number of carbonyl (C=O) groups is 1. The second kappa shape index (κ2) is 7.99. The molecule has 9 nitrogen and oxygen atoms in total. The lowest BCUT2D eigenvalue weighted by Crippen LogP contribution is -2.19. The summed E-state index contributed by atoms with van der Waals surface area (Å²) in [6.07, 6.45) is 6.63. The number of imidazole rings is 1. The maximum atomic E-state index is 16.1. The van der Waals surface area contributed by atoms with E-state index in [0.29, 0.717) is 55.7 Å². The number of hydrogen-bond acceptors (Lipinski definition) is 7. The van der Waals surface area contributed by atoms with Gasteiger partial charge in [-0.1, -0.05) is 20.8 Å². The van der Waals surface area contributed by atoms with Gasteiger partial charge < -0.3 is 0 Å². The highest BCUT2D eigenvalue weighted by Gasteiger charge is 2.22. The molecule has 0 saturated heterocycles. The van der Waals surface area contributed by atoms with E-state index in [4.69, 9.17) is 4.98 Å². The molecule has 2 aliphatic heterocycles. The molecule has 0 radical (unpaired) electrons. The van der Waals surface area contributed by atoms with Crippen LogP contribution in [0.25, 0.3) is 64.9 Å². The zero-order chi connectivity index (χ0) is 26.2. The Morgan fingerprint density at radius 1 is 1.05 bits per heavy atom. The van der Waals surface area contributed by atoms with E-state index in [1.54, 1.807) is 35.3 Å². The molecule has 2 N–H and O–H groups in total. The number of aromatic amines is 2. The highest BCUT2D eigenvalue weighted by molar-refractivity contribution is 7.24. The van der Waals surface area contributed by atoms with Gasteiger partial charge in [-0.2, -0.15) is 0 Å². The van der Waals surface area contributed by atoms with E-state index in [-0.39, 0.29) is 22.3 Å². The van der Waals surface area contributed by atoms with E-state index in [2.05, 4.69) is 30.1 Å². The van der Waals surface area contributed by atoms with Crippen LogP contribution in [0.2, 0.25) is 0 Å². The van der Waals surface area contributed by atoms with E-state index in [0.717, 1.165) is 4.70 Å². The van der Waals surface area contributed by atoms with Gasteiger partial charge in [0.25, 0.3) is 0 Å². The lowest BCUT2D eigenvalue weighted by molar-refractivity contribution is 0.0867. The van der Waals surface area contributed by atoms with Crippen LogP contribution in [0.5, 0.6) is 0 Å². The van der Waals surface area contributed by atoms with Gasteiger partial charge in [-0.3, -0.25) is 29.5 Å². The van der Waals surface area contributed by atoms with Crippen LogP contribution in [0.1, 0.15) is 32.0 Å². The van der Waals surface area contributed by atoms with Crippen molar-refractivity contribution in [3.05, 3.63) is 54.9 Å². The first-order valence-electron chi connectivity index (χ1n) is 12.0. The molecule has 5 aromatic heterocycles. The molecule has 0 amide bonds. The summed E-state index contributed by atoms with van der Waals surface area (Å²) in [6.45, 7) is 6.06. The van der Waals surface area contributed by atoms with Crippen molar-refractivity contribution in [2.24, 2.45) is 5.41 Å². The van der Waals surface area contributed by atoms with Crippen LogP contribution >= 0.6 is 11.3 Å². The minimum absolute atomic E-state index is 0.0905. The van der Waals surface area contributed by atoms with Crippen molar-refractivity contribution in [2.45, 2.75) is 27.2 Å². The first kappa shape index (κ1) is 22.7. The van der Waals surface area contributed by atoms with Crippen LogP contribution in [0.4, 0.5) is 4.39 Å². The minimum Gasteiger partial charge on any atom is -0.295 e. The number of carbonyl (C=O) groups excluding carboxylic acids is 1. The molecular formula is C27H21FN8OS. The molecule has 188 valence electrons. The van der Waals surface area contributed by atoms with E-state index in [9.17, 15) is 4.79 Å². The van der Waals surface area contributed by atoms with Crippen LogP contribution in [-0.4, -0.2) is 45.6 Å². The molecule has 0 spiro atoms. The zero-order valence-electron chi connectivity index (χ0n) is 20.7. The van der Waals surface area contributed by atoms with Gasteiger partial charge in [-0.25, -0.2) is 19.3 Å². The number of rotatable bonds is 1. The number of nitrogens with zero attached hydrogens (tertiary/aromatic N) is 6. The molecular weight excluding hydrogens is 503 g/mol. The average molecular weight is 525 g/mol. The Hall–Kier alpha value is -4.51. The summed E-state index contributed by atoms with van der Waals surface area (Å²) in [5.74, 6) is -0.582. The van der Waals surface area contributed by atoms with Crippen LogP contribution < -0.4 is 0 Å². The van der Waals surface area contributed by atoms with E-state index >= 15 is 4.39 Å². The third-order valence-electron chi connectivity index (χ3n) is 6.41. The van der Waals surface area contributed by atoms with Crippen molar-refractivity contribution < 1.29 is 9.18 Å². The molecule has 11 heteroatoms. The van der Waals surface area contributed by atoms with Crippen molar-refractivity contribution in [2.75, 3.05) is 0 Å². The highest BCUT2D eigenvalue weighted by atomic mass is 32.1. The summed E-state index contributed by atoms with van der Waals surface area (Å²) in [5.41, 5.74) is 3.47. The molecule has 0 saturated carbocycles. The number of aromatic nitrogens is 8. The fourth-order valence-corrected chi connectivity index (χ4v) is 5.79. The number of thiophene rings is 1. The summed E-state index contributed by atoms with van der Waals surface area (Å²) in [6, 6.07) is 7.37. The first-order chi connectivity index (χ1) is 18.3. The lowest BCUT2D eigenvalue weighted by atomic mass is 9.92. The maximum Gasteiger partial charge on any atom is 0.232 e. The normalized spacial score (nSPS) is 12.4. The predicted octanol–water partition coefficient (Wildman–Crippen LogP) is 6.39. The number of pyridine rings is 3. The van der Waals surface area contributed by atoms with Crippen molar-refractivity contribution in [1.29, 1.82) is 0 Å². The fourth-order valence-electron chi connectivity index (χ4n) is 4.75. The largest absolute Gasteiger partial charge is 0.295 e. The number of hydrogen-bond donors (Lipinski definition) is 2. The summed E-state index contributed by atoms with van der Waals surface area (Å²) >= 11 is 1.43. The monoisotopic (exact) mass is 524 g/mol. The average Bonchev–Trinajstić information content (AvgIpc) is 3.61. The van der Waals surface area contributed by atoms with E-state index in [1.807, 2.05) is 32.9 Å². The SMILES string of the molecule is CC(C)(C)CC(=O)n1c2cncc(c2)c2cnc3[nH][nH]c(c4nc5ccnc(c6ccc1s6)c5n4)-c3c2F. The van der Waals surface area contributed by atoms with Crippen LogP contribution in [0, 0.1) is 11.2 Å². The standard InChI is InChI=1S/C27H21FN8OS/c1-27(2,3)9-18(37)36-14-8-13(10-29-11-14)15-12-31-25-20(21(15)28)24(34-35-25)26-32-16-6-7-30-23(22(16)33-26)17-4-5-19(36)38-17/h4-8,10-12,34H,9H2,1-3H3,(H,31,35). The minimum atomic E-state index is -0.492. The molecule has 38 heavy (non-hydrogen) atoms. The summed E-state index contributed by atoms with van der Waals surface area (Å²) < 4.78 is 18.6. The van der Waals surface area contributed by atoms with Gasteiger partial charge in [-0.05, 0) is 29.7 Å². The Kier molecular flexibility index (Phi) is 4.77. The summed E-state index contributed by atoms with van der Waals surface area (Å²) in [5, 5.41) is 6.66. The third kappa shape index (κ3) is 3.50. The molecule has 0 unspecified atom stereocenters. The van der Waals surface area contributed by atoms with Gasteiger partial charge in [0.05, 0.1) is 27.5 Å². The molecule has 0 aromatic carbocycles. The number of halogens is 1. The number of H-pyrrole nitrogens is 2. The smallest absolute Gasteiger partial charge is 0.232 e. The highest BCUT2D eigenvalue weighted by Crippen LogP contribution is 2.34. The van der Waals surface area contributed by atoms with Gasteiger partial charge in [0.1, 0.15) is 27.4 Å². The third-order valence-corrected chi connectivity index (χ3v) is 7.49. The van der Waals surface area contributed by atoms with E-state index < -0.39 is 5.82 Å². The van der Waals surface area contributed by atoms with Crippen molar-refractivity contribution in [1.82, 2.24) is 39.7 Å². The van der Waals surface area contributed by atoms with Gasteiger partial charge in [-0.15, -0.1) is 11.3 Å². The van der Waals surface area contributed by atoms with Crippen LogP contribution in [0.15, 0.2) is 49.1 Å². The molecule has 0 fully saturated rings. The predicted molar refractivity (Wildman–Crippen MR) is 146 cm³/mol. The number of nitrogens with one attached hydrogen (secondary N) is 2. The summed E-state index contributed by atoms with van der Waals surface area (Å²) in [4.78, 5) is 37.3. The Morgan fingerprint density at radius 2 is 1.92 bits per heavy atom. The lowest BCUT2D eigenvalue weighted by Gasteiger charge is -2.18. The molecule has 8 bridgehead atoms. The Bertz CT molecular complexity index is 2090. The first-order valence-corrected chi connectivity index (χ1v) is 12.8. The second-order valence-corrected chi connectivity index (χ2v) is 11.5. The van der Waals surface area contributed by atoms with Crippen LogP contribution in [-0.2, 0) is 0 Å². The van der Waals surface area contributed by atoms with Crippen molar-refractivity contribution in [3.8, 4) is 11.3 Å². The molecule has 0 atom stereocenters. The van der Waals surface area contributed by atoms with Gasteiger partial charge in [0, 0.05) is 35.8 Å². The quantitative estimate of drug-likeness (QED) is 0.257. The zero-order valence-corrected chi connectivity index (χ0v) is 21.5. The molecule has 0 aliphatic carbocycles.